The number of rotatable bonds is 4. The van der Waals surface area contributed by atoms with E-state index in [-0.39, 0.29) is 0 Å². The smallest absolute Gasteiger partial charge is 0.185 e. The topological polar surface area (TPSA) is 48.0 Å². The number of hydrogen-bond donors (Lipinski definition) is 0. The summed E-state index contributed by atoms with van der Waals surface area (Å²) < 4.78 is 7.33. The Kier molecular flexibility index (Phi) is 2.98. The predicted molar refractivity (Wildman–Crippen MR) is 70.9 cm³/mol. The van der Waals surface area contributed by atoms with Crippen LogP contribution in [0.1, 0.15) is 16.1 Å². The van der Waals surface area contributed by atoms with Crippen molar-refractivity contribution in [2.75, 3.05) is 0 Å². The lowest BCUT2D eigenvalue weighted by atomic mass is 10.1. The summed E-state index contributed by atoms with van der Waals surface area (Å²) >= 11 is 0. The van der Waals surface area contributed by atoms with Crippen molar-refractivity contribution in [1.82, 2.24) is 9.78 Å². The van der Waals surface area contributed by atoms with E-state index in [0.717, 1.165) is 11.1 Å². The van der Waals surface area contributed by atoms with Gasteiger partial charge in [-0.15, -0.1) is 0 Å². The minimum absolute atomic E-state index is 0.337. The summed E-state index contributed by atoms with van der Waals surface area (Å²) in [6, 6.07) is 13.3. The van der Waals surface area contributed by atoms with Gasteiger partial charge in [-0.1, -0.05) is 24.3 Å². The van der Waals surface area contributed by atoms with Crippen molar-refractivity contribution < 1.29 is 9.21 Å². The van der Waals surface area contributed by atoms with E-state index in [1.165, 1.54) is 0 Å². The summed E-state index contributed by atoms with van der Waals surface area (Å²) in [6.45, 7) is 0.667. The van der Waals surface area contributed by atoms with Crippen molar-refractivity contribution in [3.63, 3.8) is 0 Å². The van der Waals surface area contributed by atoms with E-state index in [0.29, 0.717) is 24.4 Å². The minimum atomic E-state index is 0.337. The molecule has 0 saturated heterocycles. The number of aromatic nitrogens is 2. The Labute approximate surface area is 110 Å². The molecule has 3 aromatic rings. The number of carbonyl (C=O) groups is 1. The van der Waals surface area contributed by atoms with E-state index in [1.54, 1.807) is 12.3 Å². The zero-order chi connectivity index (χ0) is 13.1. The maximum absolute atomic E-state index is 10.7. The lowest BCUT2D eigenvalue weighted by Crippen LogP contribution is -2.01. The van der Waals surface area contributed by atoms with Gasteiger partial charge in [-0.25, -0.2) is 0 Å². The molecule has 94 valence electrons. The molecule has 0 bridgehead atoms. The fourth-order valence-corrected chi connectivity index (χ4v) is 2.03. The number of carbonyl (C=O) groups excluding carboxylic acids is 1. The Hall–Kier alpha value is -2.62. The highest BCUT2D eigenvalue weighted by atomic mass is 16.3. The summed E-state index contributed by atoms with van der Waals surface area (Å²) in [5, 5.41) is 4.20. The van der Waals surface area contributed by atoms with Crippen LogP contribution in [0.5, 0.6) is 0 Å². The first-order valence-electron chi connectivity index (χ1n) is 5.97. The van der Waals surface area contributed by atoms with E-state index < -0.39 is 0 Å². The van der Waals surface area contributed by atoms with Crippen LogP contribution in [0.15, 0.2) is 59.3 Å². The van der Waals surface area contributed by atoms with Crippen molar-refractivity contribution in [1.29, 1.82) is 0 Å². The summed E-state index contributed by atoms with van der Waals surface area (Å²) in [5.74, 6) is 1.04. The minimum Gasteiger partial charge on any atom is -0.453 e. The predicted octanol–water partition coefficient (Wildman–Crippen LogP) is 3.00. The van der Waals surface area contributed by atoms with Gasteiger partial charge >= 0.3 is 0 Å². The number of furan rings is 1. The van der Waals surface area contributed by atoms with Crippen LogP contribution in [0, 0.1) is 0 Å². The molecule has 0 radical (unpaired) electrons. The Balaban J connectivity index is 1.99. The highest BCUT2D eigenvalue weighted by molar-refractivity contribution is 5.73. The molecule has 2 aromatic heterocycles. The van der Waals surface area contributed by atoms with Gasteiger partial charge in [-0.2, -0.15) is 5.10 Å². The number of nitrogens with zero attached hydrogens (tertiary/aromatic N) is 2. The second-order valence-electron chi connectivity index (χ2n) is 4.18. The Bertz CT molecular complexity index is 684. The van der Waals surface area contributed by atoms with Gasteiger partial charge in [-0.05, 0) is 23.8 Å². The Morgan fingerprint density at radius 1 is 1.16 bits per heavy atom. The molecule has 0 N–H and O–H groups in total. The van der Waals surface area contributed by atoms with Gasteiger partial charge in [0.05, 0.1) is 6.54 Å². The van der Waals surface area contributed by atoms with Crippen molar-refractivity contribution >= 4 is 6.29 Å². The highest BCUT2D eigenvalue weighted by Gasteiger charge is 2.09. The highest BCUT2D eigenvalue weighted by Crippen LogP contribution is 2.25. The molecular formula is C15H12N2O2. The van der Waals surface area contributed by atoms with Crippen molar-refractivity contribution in [2.24, 2.45) is 0 Å². The summed E-state index contributed by atoms with van der Waals surface area (Å²) in [5.41, 5.74) is 2.07. The van der Waals surface area contributed by atoms with Gasteiger partial charge in [0.25, 0.3) is 0 Å². The standard InChI is InChI=1S/C15H12N2O2/c18-11-13-6-7-15(19-13)14-5-2-1-4-12(14)10-17-9-3-8-16-17/h1-9,11H,10H2. The quantitative estimate of drug-likeness (QED) is 0.670. The normalized spacial score (nSPS) is 10.5. The van der Waals surface area contributed by atoms with Gasteiger partial charge in [0.15, 0.2) is 12.0 Å². The molecule has 0 amide bonds. The number of aldehydes is 1. The molecule has 0 saturated carbocycles. The lowest BCUT2D eigenvalue weighted by Gasteiger charge is -2.07. The first-order valence-corrected chi connectivity index (χ1v) is 5.97. The molecule has 0 aliphatic heterocycles. The second-order valence-corrected chi connectivity index (χ2v) is 4.18. The van der Waals surface area contributed by atoms with E-state index in [1.807, 2.05) is 47.3 Å². The summed E-state index contributed by atoms with van der Waals surface area (Å²) in [7, 11) is 0. The first-order chi connectivity index (χ1) is 9.36. The van der Waals surface area contributed by atoms with Crippen molar-refractivity contribution in [3.8, 4) is 11.3 Å². The molecule has 0 aliphatic rings. The molecule has 0 unspecified atom stereocenters. The van der Waals surface area contributed by atoms with Crippen LogP contribution in [-0.4, -0.2) is 16.1 Å². The molecule has 2 heterocycles. The molecule has 4 nitrogen and oxygen atoms in total. The fourth-order valence-electron chi connectivity index (χ4n) is 2.03. The molecular weight excluding hydrogens is 240 g/mol. The van der Waals surface area contributed by atoms with Crippen LogP contribution >= 0.6 is 0 Å². The average Bonchev–Trinajstić information content (AvgIpc) is 3.10. The first kappa shape index (κ1) is 11.5. The van der Waals surface area contributed by atoms with Crippen LogP contribution in [-0.2, 0) is 6.54 Å². The van der Waals surface area contributed by atoms with E-state index in [9.17, 15) is 4.79 Å². The Morgan fingerprint density at radius 3 is 2.79 bits per heavy atom. The zero-order valence-corrected chi connectivity index (χ0v) is 10.2. The van der Waals surface area contributed by atoms with Crippen LogP contribution in [0.4, 0.5) is 0 Å². The van der Waals surface area contributed by atoms with Gasteiger partial charge < -0.3 is 4.42 Å². The fraction of sp³-hybridized carbons (Fsp3) is 0.0667. The molecule has 0 atom stereocenters. The third-order valence-electron chi connectivity index (χ3n) is 2.92. The van der Waals surface area contributed by atoms with Gasteiger partial charge in [0.2, 0.25) is 0 Å². The van der Waals surface area contributed by atoms with Gasteiger partial charge in [0.1, 0.15) is 5.76 Å². The second kappa shape index (κ2) is 4.94. The van der Waals surface area contributed by atoms with Crippen LogP contribution in [0.3, 0.4) is 0 Å². The molecule has 19 heavy (non-hydrogen) atoms. The van der Waals surface area contributed by atoms with E-state index in [2.05, 4.69) is 5.10 Å². The number of benzene rings is 1. The van der Waals surface area contributed by atoms with E-state index >= 15 is 0 Å². The average molecular weight is 252 g/mol. The molecule has 1 aromatic carbocycles. The maximum Gasteiger partial charge on any atom is 0.185 e. The molecule has 0 spiro atoms. The Morgan fingerprint density at radius 2 is 2.05 bits per heavy atom. The maximum atomic E-state index is 10.7. The molecule has 0 aliphatic carbocycles. The number of hydrogen-bond acceptors (Lipinski definition) is 3. The molecule has 4 heteroatoms. The molecule has 3 rings (SSSR count). The van der Waals surface area contributed by atoms with Crippen molar-refractivity contribution in [2.45, 2.75) is 6.54 Å². The van der Waals surface area contributed by atoms with Gasteiger partial charge in [0, 0.05) is 18.0 Å². The third-order valence-corrected chi connectivity index (χ3v) is 2.92. The summed E-state index contributed by atoms with van der Waals surface area (Å²) in [4.78, 5) is 10.7. The monoisotopic (exact) mass is 252 g/mol. The van der Waals surface area contributed by atoms with Crippen molar-refractivity contribution in [3.05, 3.63) is 66.2 Å². The largest absolute Gasteiger partial charge is 0.453 e. The van der Waals surface area contributed by atoms with Crippen LogP contribution in [0.2, 0.25) is 0 Å². The SMILES string of the molecule is O=Cc1ccc(-c2ccccc2Cn2cccn2)o1. The third kappa shape index (κ3) is 2.33. The lowest BCUT2D eigenvalue weighted by molar-refractivity contribution is 0.110. The zero-order valence-electron chi connectivity index (χ0n) is 10.2. The van der Waals surface area contributed by atoms with Crippen LogP contribution in [0.25, 0.3) is 11.3 Å². The van der Waals surface area contributed by atoms with Crippen LogP contribution < -0.4 is 0 Å². The van der Waals surface area contributed by atoms with Gasteiger partial charge in [-0.3, -0.25) is 9.48 Å². The van der Waals surface area contributed by atoms with E-state index in [4.69, 9.17) is 4.42 Å². The molecule has 0 fully saturated rings. The summed E-state index contributed by atoms with van der Waals surface area (Å²) in [6.07, 6.45) is 4.37.